The van der Waals surface area contributed by atoms with Gasteiger partial charge < -0.3 is 15.1 Å². The van der Waals surface area contributed by atoms with Gasteiger partial charge in [0.2, 0.25) is 0 Å². The van der Waals surface area contributed by atoms with Gasteiger partial charge in [0.05, 0.1) is 12.8 Å². The Hall–Kier alpha value is -1.78. The van der Waals surface area contributed by atoms with E-state index in [-0.39, 0.29) is 12.6 Å². The minimum absolute atomic E-state index is 0.121. The van der Waals surface area contributed by atoms with Crippen molar-refractivity contribution >= 4 is 11.8 Å². The van der Waals surface area contributed by atoms with E-state index in [1.54, 1.807) is 12.1 Å². The van der Waals surface area contributed by atoms with Crippen molar-refractivity contribution in [2.24, 2.45) is 5.92 Å². The van der Waals surface area contributed by atoms with Crippen LogP contribution >= 0.6 is 0 Å². The molecule has 1 aromatic rings. The Morgan fingerprint density at radius 1 is 1.32 bits per heavy atom. The lowest BCUT2D eigenvalue weighted by Crippen LogP contribution is -2.47. The Morgan fingerprint density at radius 2 is 2.11 bits per heavy atom. The third kappa shape index (κ3) is 3.84. The van der Waals surface area contributed by atoms with E-state index >= 15 is 0 Å². The first-order valence-corrected chi connectivity index (χ1v) is 6.78. The summed E-state index contributed by atoms with van der Waals surface area (Å²) in [5.74, 6) is -0.0813. The lowest BCUT2D eigenvalue weighted by atomic mass is 9.86. The Kier molecular flexibility index (Phi) is 4.60. The van der Waals surface area contributed by atoms with E-state index in [1.165, 1.54) is 12.7 Å². The van der Waals surface area contributed by atoms with E-state index in [0.717, 1.165) is 19.3 Å². The maximum absolute atomic E-state index is 11.8. The molecule has 2 atom stereocenters. The van der Waals surface area contributed by atoms with Crippen LogP contribution in [0.25, 0.3) is 0 Å². The first-order chi connectivity index (χ1) is 9.16. The summed E-state index contributed by atoms with van der Waals surface area (Å²) in [6.45, 7) is 2.35. The fourth-order valence-electron chi connectivity index (χ4n) is 2.43. The van der Waals surface area contributed by atoms with Crippen molar-refractivity contribution in [2.75, 3.05) is 0 Å². The van der Waals surface area contributed by atoms with Crippen molar-refractivity contribution in [1.29, 1.82) is 0 Å². The van der Waals surface area contributed by atoms with Gasteiger partial charge in [-0.3, -0.25) is 9.59 Å². The molecule has 2 N–H and O–H groups in total. The first kappa shape index (κ1) is 13.6. The van der Waals surface area contributed by atoms with Crippen LogP contribution in [-0.4, -0.2) is 17.9 Å². The maximum Gasteiger partial charge on any atom is 0.309 e. The summed E-state index contributed by atoms with van der Waals surface area (Å²) in [5, 5.41) is 5.36. The fourth-order valence-corrected chi connectivity index (χ4v) is 2.43. The Morgan fingerprint density at radius 3 is 2.79 bits per heavy atom. The third-order valence-electron chi connectivity index (χ3n) is 3.64. The molecule has 1 fully saturated rings. The molecular weight excluding hydrogens is 244 g/mol. The predicted molar refractivity (Wildman–Crippen MR) is 70.1 cm³/mol. The second-order valence-electron chi connectivity index (χ2n) is 5.10. The van der Waals surface area contributed by atoms with Crippen molar-refractivity contribution in [3.63, 3.8) is 0 Å². The molecule has 5 nitrogen and oxygen atoms in total. The highest BCUT2D eigenvalue weighted by molar-refractivity contribution is 6.35. The molecule has 0 radical (unpaired) electrons. The second-order valence-corrected chi connectivity index (χ2v) is 5.10. The molecule has 2 rings (SSSR count). The van der Waals surface area contributed by atoms with E-state index in [0.29, 0.717) is 11.7 Å². The van der Waals surface area contributed by atoms with Gasteiger partial charge in [0.15, 0.2) is 0 Å². The monoisotopic (exact) mass is 264 g/mol. The molecule has 0 spiro atoms. The molecule has 1 aliphatic rings. The quantitative estimate of drug-likeness (QED) is 0.814. The summed E-state index contributed by atoms with van der Waals surface area (Å²) >= 11 is 0. The summed E-state index contributed by atoms with van der Waals surface area (Å²) in [5.41, 5.74) is 0. The zero-order chi connectivity index (χ0) is 13.7. The molecule has 0 aromatic carbocycles. The molecule has 2 amide bonds. The van der Waals surface area contributed by atoms with Crippen LogP contribution in [0.1, 0.15) is 38.4 Å². The zero-order valence-corrected chi connectivity index (χ0v) is 11.1. The van der Waals surface area contributed by atoms with Crippen molar-refractivity contribution in [3.05, 3.63) is 24.2 Å². The number of rotatable bonds is 3. The van der Waals surface area contributed by atoms with Gasteiger partial charge in [-0.05, 0) is 30.9 Å². The van der Waals surface area contributed by atoms with E-state index in [1.807, 2.05) is 0 Å². The van der Waals surface area contributed by atoms with Crippen LogP contribution in [0.5, 0.6) is 0 Å². The van der Waals surface area contributed by atoms with Crippen LogP contribution in [0.15, 0.2) is 22.8 Å². The summed E-state index contributed by atoms with van der Waals surface area (Å²) in [4.78, 5) is 23.4. The third-order valence-corrected chi connectivity index (χ3v) is 3.64. The minimum atomic E-state index is -0.603. The summed E-state index contributed by atoms with van der Waals surface area (Å²) in [7, 11) is 0. The molecule has 19 heavy (non-hydrogen) atoms. The molecule has 0 unspecified atom stereocenters. The van der Waals surface area contributed by atoms with Crippen molar-refractivity contribution in [1.82, 2.24) is 10.6 Å². The van der Waals surface area contributed by atoms with Crippen LogP contribution in [0.3, 0.4) is 0 Å². The minimum Gasteiger partial charge on any atom is -0.467 e. The van der Waals surface area contributed by atoms with Gasteiger partial charge in [-0.15, -0.1) is 0 Å². The second kappa shape index (κ2) is 6.41. The van der Waals surface area contributed by atoms with Gasteiger partial charge in [0, 0.05) is 6.04 Å². The molecule has 104 valence electrons. The van der Waals surface area contributed by atoms with Gasteiger partial charge >= 0.3 is 11.8 Å². The van der Waals surface area contributed by atoms with E-state index in [9.17, 15) is 9.59 Å². The zero-order valence-electron chi connectivity index (χ0n) is 11.1. The van der Waals surface area contributed by atoms with Crippen LogP contribution in [-0.2, 0) is 16.1 Å². The molecule has 5 heteroatoms. The summed E-state index contributed by atoms with van der Waals surface area (Å²) in [6.07, 6.45) is 5.92. The van der Waals surface area contributed by atoms with Gasteiger partial charge in [0.25, 0.3) is 0 Å². The SMILES string of the molecule is C[C@@H]1CCCC[C@H]1NC(=O)C(=O)NCc1ccco1. The van der Waals surface area contributed by atoms with E-state index in [2.05, 4.69) is 17.6 Å². The Labute approximate surface area is 112 Å². The highest BCUT2D eigenvalue weighted by Gasteiger charge is 2.25. The van der Waals surface area contributed by atoms with E-state index < -0.39 is 11.8 Å². The van der Waals surface area contributed by atoms with Crippen LogP contribution < -0.4 is 10.6 Å². The number of furan rings is 1. The summed E-state index contributed by atoms with van der Waals surface area (Å²) < 4.78 is 5.08. The van der Waals surface area contributed by atoms with Crippen molar-refractivity contribution in [3.8, 4) is 0 Å². The molecule has 0 bridgehead atoms. The molecule has 1 aromatic heterocycles. The molecule has 0 saturated heterocycles. The van der Waals surface area contributed by atoms with Gasteiger partial charge in [-0.1, -0.05) is 19.8 Å². The predicted octanol–water partition coefficient (Wildman–Crippen LogP) is 1.59. The molecule has 1 heterocycles. The van der Waals surface area contributed by atoms with Gasteiger partial charge in [-0.2, -0.15) is 0 Å². The normalized spacial score (nSPS) is 22.8. The molecule has 1 saturated carbocycles. The van der Waals surface area contributed by atoms with Crippen LogP contribution in [0.2, 0.25) is 0 Å². The summed E-state index contributed by atoms with van der Waals surface area (Å²) in [6, 6.07) is 3.61. The van der Waals surface area contributed by atoms with Crippen LogP contribution in [0, 0.1) is 5.92 Å². The Balaban J connectivity index is 1.77. The van der Waals surface area contributed by atoms with Gasteiger partial charge in [0.1, 0.15) is 5.76 Å². The number of hydrogen-bond donors (Lipinski definition) is 2. The first-order valence-electron chi connectivity index (χ1n) is 6.78. The molecular formula is C14H20N2O3. The Bertz CT molecular complexity index is 428. The van der Waals surface area contributed by atoms with Gasteiger partial charge in [-0.25, -0.2) is 0 Å². The highest BCUT2D eigenvalue weighted by atomic mass is 16.3. The topological polar surface area (TPSA) is 71.3 Å². The number of hydrogen-bond acceptors (Lipinski definition) is 3. The van der Waals surface area contributed by atoms with Crippen molar-refractivity contribution in [2.45, 2.75) is 45.2 Å². The maximum atomic E-state index is 11.8. The number of amides is 2. The number of carbonyl (C=O) groups excluding carboxylic acids is 2. The smallest absolute Gasteiger partial charge is 0.309 e. The largest absolute Gasteiger partial charge is 0.467 e. The van der Waals surface area contributed by atoms with E-state index in [4.69, 9.17) is 4.42 Å². The lowest BCUT2D eigenvalue weighted by molar-refractivity contribution is -0.140. The fraction of sp³-hybridized carbons (Fsp3) is 0.571. The van der Waals surface area contributed by atoms with Crippen LogP contribution in [0.4, 0.5) is 0 Å². The molecule has 1 aliphatic carbocycles. The average Bonchev–Trinajstić information content (AvgIpc) is 2.91. The number of carbonyl (C=O) groups is 2. The highest BCUT2D eigenvalue weighted by Crippen LogP contribution is 2.23. The number of nitrogens with one attached hydrogen (secondary N) is 2. The molecule has 0 aliphatic heterocycles. The standard InChI is InChI=1S/C14H20N2O3/c1-10-5-2-3-7-12(10)16-14(18)13(17)15-9-11-6-4-8-19-11/h4,6,8,10,12H,2-3,5,7,9H2,1H3,(H,15,17)(H,16,18)/t10-,12-/m1/s1. The average molecular weight is 264 g/mol. The lowest BCUT2D eigenvalue weighted by Gasteiger charge is -2.29. The van der Waals surface area contributed by atoms with Crippen molar-refractivity contribution < 1.29 is 14.0 Å².